The van der Waals surface area contributed by atoms with E-state index >= 15 is 0 Å². The largest absolute Gasteiger partial charge is 0.394 e. The van der Waals surface area contributed by atoms with Crippen LogP contribution in [0.3, 0.4) is 0 Å². The average Bonchev–Trinajstić information content (AvgIpc) is 3.23. The van der Waals surface area contributed by atoms with Gasteiger partial charge in [0.25, 0.3) is 11.8 Å². The van der Waals surface area contributed by atoms with Crippen molar-refractivity contribution < 1.29 is 19.8 Å². The number of amides is 2. The highest BCUT2D eigenvalue weighted by molar-refractivity contribution is 6.22. The van der Waals surface area contributed by atoms with Crippen LogP contribution in [0.25, 0.3) is 0 Å². The summed E-state index contributed by atoms with van der Waals surface area (Å²) in [7, 11) is 0. The van der Waals surface area contributed by atoms with Crippen molar-refractivity contribution in [1.29, 1.82) is 0 Å². The van der Waals surface area contributed by atoms with Crippen LogP contribution in [0.1, 0.15) is 72.9 Å². The van der Waals surface area contributed by atoms with Crippen LogP contribution in [0.2, 0.25) is 0 Å². The summed E-state index contributed by atoms with van der Waals surface area (Å²) in [4.78, 5) is 35.3. The molecule has 9 nitrogen and oxygen atoms in total. The highest BCUT2D eigenvalue weighted by atomic mass is 16.3. The van der Waals surface area contributed by atoms with Crippen molar-refractivity contribution in [2.75, 3.05) is 26.2 Å². The number of fused-ring (bicyclic) bond motifs is 3. The van der Waals surface area contributed by atoms with E-state index < -0.39 is 30.6 Å². The Labute approximate surface area is 248 Å². The summed E-state index contributed by atoms with van der Waals surface area (Å²) in [5, 5.41) is 28.5. The molecule has 224 valence electrons. The topological polar surface area (TPSA) is 118 Å². The summed E-state index contributed by atoms with van der Waals surface area (Å²) in [5.41, 5.74) is 1.99. The molecule has 1 saturated heterocycles. The Morgan fingerprint density at radius 1 is 1.10 bits per heavy atom. The molecule has 0 radical (unpaired) electrons. The van der Waals surface area contributed by atoms with Crippen LogP contribution < -0.4 is 10.6 Å². The number of nitrogens with one attached hydrogen (secondary N) is 2. The molecular formula is C33H43N5O4. The fourth-order valence-corrected chi connectivity index (χ4v) is 7.76. The lowest BCUT2D eigenvalue weighted by molar-refractivity contribution is -0.112. The zero-order valence-corrected chi connectivity index (χ0v) is 25.0. The number of nitrogens with zero attached hydrogens (tertiary/aromatic N) is 3. The van der Waals surface area contributed by atoms with Gasteiger partial charge in [-0.05, 0) is 66.7 Å². The van der Waals surface area contributed by atoms with Gasteiger partial charge in [-0.2, -0.15) is 0 Å². The smallest absolute Gasteiger partial charge is 0.262 e. The van der Waals surface area contributed by atoms with E-state index in [-0.39, 0.29) is 11.1 Å². The van der Waals surface area contributed by atoms with Crippen LogP contribution in [0.5, 0.6) is 0 Å². The highest BCUT2D eigenvalue weighted by Gasteiger charge is 2.56. The van der Waals surface area contributed by atoms with E-state index in [2.05, 4.69) is 43.2 Å². The molecule has 4 fully saturated rings. The summed E-state index contributed by atoms with van der Waals surface area (Å²) >= 11 is 0. The molecule has 3 aliphatic carbocycles. The predicted octanol–water partition coefficient (Wildman–Crippen LogP) is 3.32. The molecule has 2 aliphatic heterocycles. The van der Waals surface area contributed by atoms with E-state index in [1.54, 1.807) is 42.5 Å². The summed E-state index contributed by atoms with van der Waals surface area (Å²) in [6, 6.07) is 13.4. The third-order valence-electron chi connectivity index (χ3n) is 10.5. The van der Waals surface area contributed by atoms with Gasteiger partial charge >= 0.3 is 0 Å². The quantitative estimate of drug-likeness (QED) is 0.238. The van der Waals surface area contributed by atoms with Crippen LogP contribution >= 0.6 is 0 Å². The van der Waals surface area contributed by atoms with E-state index in [4.69, 9.17) is 4.99 Å². The molecule has 5 aliphatic rings. The Bertz CT molecular complexity index is 1380. The molecule has 7 atom stereocenters. The first-order valence-electron chi connectivity index (χ1n) is 15.3. The van der Waals surface area contributed by atoms with Crippen molar-refractivity contribution in [1.82, 2.24) is 20.4 Å². The summed E-state index contributed by atoms with van der Waals surface area (Å²) in [6.07, 6.45) is 1.20. The van der Waals surface area contributed by atoms with Gasteiger partial charge in [-0.1, -0.05) is 51.1 Å². The number of aliphatic hydroxyl groups is 2. The number of guanidine groups is 1. The summed E-state index contributed by atoms with van der Waals surface area (Å²) in [5.74, 6) is 1.67. The Hall–Kier alpha value is -3.27. The standard InChI is InChI=1S/C33H43N5O4/c1-19-17-37(13-12-34-19)32(36-27-15-22-14-26(20(27)2)33(22,3)4)35-23-10-11-24-25(16-23)31(42)38(30(24)41)28(18-39)29(40)21-8-6-5-7-9-21/h5-11,16,19-20,22,26-29,34,39-40H,12-15,17-18H2,1-4H3,(H,35,36)/t19-,20+,22-,26-,27-,28+,29-/m0/s1. The molecule has 2 bridgehead atoms. The molecule has 2 heterocycles. The maximum atomic E-state index is 13.6. The van der Waals surface area contributed by atoms with Crippen LogP contribution in [0.4, 0.5) is 5.69 Å². The molecule has 0 unspecified atom stereocenters. The van der Waals surface area contributed by atoms with Crippen molar-refractivity contribution >= 4 is 23.5 Å². The zero-order chi connectivity index (χ0) is 29.8. The van der Waals surface area contributed by atoms with Gasteiger partial charge in [-0.15, -0.1) is 0 Å². The van der Waals surface area contributed by atoms with Gasteiger partial charge in [0.05, 0.1) is 29.5 Å². The lowest BCUT2D eigenvalue weighted by Gasteiger charge is -2.62. The number of benzene rings is 2. The van der Waals surface area contributed by atoms with E-state index in [9.17, 15) is 19.8 Å². The molecule has 0 aromatic heterocycles. The van der Waals surface area contributed by atoms with Crippen molar-refractivity contribution in [2.45, 2.75) is 64.8 Å². The van der Waals surface area contributed by atoms with Crippen molar-refractivity contribution in [3.05, 3.63) is 65.2 Å². The van der Waals surface area contributed by atoms with Crippen molar-refractivity contribution in [3.8, 4) is 0 Å². The second kappa shape index (κ2) is 11.1. The number of rotatable bonds is 6. The molecular weight excluding hydrogens is 530 g/mol. The van der Waals surface area contributed by atoms with E-state index in [0.29, 0.717) is 46.5 Å². The molecule has 0 spiro atoms. The first-order valence-corrected chi connectivity index (χ1v) is 15.3. The minimum absolute atomic E-state index is 0.238. The Balaban J connectivity index is 1.28. The second-order valence-electron chi connectivity index (χ2n) is 13.3. The van der Waals surface area contributed by atoms with Crippen LogP contribution in [-0.4, -0.2) is 82.2 Å². The monoisotopic (exact) mass is 573 g/mol. The van der Waals surface area contributed by atoms with Gasteiger partial charge in [0, 0.05) is 31.7 Å². The highest BCUT2D eigenvalue weighted by Crippen LogP contribution is 2.61. The predicted molar refractivity (Wildman–Crippen MR) is 161 cm³/mol. The Morgan fingerprint density at radius 2 is 1.83 bits per heavy atom. The minimum atomic E-state index is -1.21. The van der Waals surface area contributed by atoms with Gasteiger partial charge in [-0.25, -0.2) is 4.99 Å². The SMILES string of the molecule is C[C@H]1[C@@H](NC(=Nc2ccc3c(c2)C(=O)N([C@H](CO)[C@@H](O)c2ccccc2)C3=O)N2CCN[C@@H](C)C2)C[C@@H]2C[C@@H]1C2(C)C. The van der Waals surface area contributed by atoms with E-state index in [1.807, 2.05) is 6.07 Å². The van der Waals surface area contributed by atoms with Crippen LogP contribution in [0.15, 0.2) is 53.5 Å². The van der Waals surface area contributed by atoms with Crippen LogP contribution in [-0.2, 0) is 0 Å². The number of aliphatic hydroxyl groups excluding tert-OH is 2. The minimum Gasteiger partial charge on any atom is -0.394 e. The first kappa shape index (κ1) is 28.8. The fourth-order valence-electron chi connectivity index (χ4n) is 7.76. The van der Waals surface area contributed by atoms with Crippen molar-refractivity contribution in [3.63, 3.8) is 0 Å². The Kier molecular flexibility index (Phi) is 7.62. The molecule has 42 heavy (non-hydrogen) atoms. The van der Waals surface area contributed by atoms with Gasteiger partial charge in [0.2, 0.25) is 0 Å². The third-order valence-corrected chi connectivity index (χ3v) is 10.5. The maximum Gasteiger partial charge on any atom is 0.262 e. The number of imide groups is 1. The second-order valence-corrected chi connectivity index (χ2v) is 13.3. The number of hydrogen-bond donors (Lipinski definition) is 4. The molecule has 3 saturated carbocycles. The molecule has 2 aromatic carbocycles. The molecule has 9 heteroatoms. The number of piperazine rings is 1. The molecule has 2 amide bonds. The maximum absolute atomic E-state index is 13.6. The van der Waals surface area contributed by atoms with Gasteiger partial charge in [0.15, 0.2) is 5.96 Å². The normalized spacial score (nSPS) is 30.0. The number of aliphatic imine (C=N–C) groups is 1. The summed E-state index contributed by atoms with van der Waals surface area (Å²) < 4.78 is 0. The Morgan fingerprint density at radius 3 is 2.50 bits per heavy atom. The molecule has 7 rings (SSSR count). The number of carbonyl (C=O) groups is 2. The van der Waals surface area contributed by atoms with Gasteiger partial charge in [0.1, 0.15) is 6.10 Å². The fraction of sp³-hybridized carbons (Fsp3) is 0.545. The molecule has 4 N–H and O–H groups in total. The zero-order valence-electron chi connectivity index (χ0n) is 25.0. The average molecular weight is 574 g/mol. The van der Waals surface area contributed by atoms with E-state index in [1.165, 1.54) is 6.42 Å². The van der Waals surface area contributed by atoms with E-state index in [0.717, 1.165) is 36.9 Å². The lowest BCUT2D eigenvalue weighted by Crippen LogP contribution is -2.63. The van der Waals surface area contributed by atoms with Crippen molar-refractivity contribution in [2.24, 2.45) is 28.2 Å². The number of carbonyl (C=O) groups excluding carboxylic acids is 2. The summed E-state index contributed by atoms with van der Waals surface area (Å²) in [6.45, 7) is 11.3. The first-order chi connectivity index (χ1) is 20.1. The molecule has 2 aromatic rings. The third kappa shape index (κ3) is 4.91. The van der Waals surface area contributed by atoms with Gasteiger partial charge < -0.3 is 25.7 Å². The number of hydrogen-bond acceptors (Lipinski definition) is 6. The van der Waals surface area contributed by atoms with Crippen LogP contribution in [0, 0.1) is 23.2 Å². The lowest BCUT2D eigenvalue weighted by atomic mass is 9.45. The van der Waals surface area contributed by atoms with Gasteiger partial charge in [-0.3, -0.25) is 14.5 Å².